The Morgan fingerprint density at radius 1 is 1.05 bits per heavy atom. The van der Waals surface area contributed by atoms with Crippen LogP contribution in [0.1, 0.15) is 24.9 Å². The average molecular weight is 283 g/mol. The summed E-state index contributed by atoms with van der Waals surface area (Å²) in [7, 11) is 6.54. The van der Waals surface area contributed by atoms with Gasteiger partial charge < -0.3 is 24.3 Å². The van der Waals surface area contributed by atoms with E-state index in [2.05, 4.69) is 12.2 Å². The summed E-state index contributed by atoms with van der Waals surface area (Å²) in [4.78, 5) is 0. The standard InChI is InChI=1S/C15H25NO4/c1-6-9-16-14(15(19-4)20-5)12-8-7-11(17-2)10-13(12)18-3/h7-8,10,14-16H,6,9H2,1-5H3. The van der Waals surface area contributed by atoms with Crippen molar-refractivity contribution in [3.63, 3.8) is 0 Å². The molecule has 0 aliphatic carbocycles. The van der Waals surface area contributed by atoms with Crippen LogP contribution in [-0.4, -0.2) is 41.3 Å². The van der Waals surface area contributed by atoms with Gasteiger partial charge in [-0.15, -0.1) is 0 Å². The Kier molecular flexibility index (Phi) is 7.36. The molecule has 1 rings (SSSR count). The molecule has 5 nitrogen and oxygen atoms in total. The quantitative estimate of drug-likeness (QED) is 0.705. The van der Waals surface area contributed by atoms with Crippen molar-refractivity contribution >= 4 is 0 Å². The topological polar surface area (TPSA) is 49.0 Å². The summed E-state index contributed by atoms with van der Waals surface area (Å²) in [6, 6.07) is 5.63. The first-order chi connectivity index (χ1) is 9.71. The molecule has 114 valence electrons. The molecule has 1 atom stereocenters. The van der Waals surface area contributed by atoms with Gasteiger partial charge in [-0.25, -0.2) is 0 Å². The van der Waals surface area contributed by atoms with Gasteiger partial charge >= 0.3 is 0 Å². The highest BCUT2D eigenvalue weighted by Crippen LogP contribution is 2.32. The highest BCUT2D eigenvalue weighted by atomic mass is 16.7. The van der Waals surface area contributed by atoms with E-state index in [0.29, 0.717) is 0 Å². The number of hydrogen-bond acceptors (Lipinski definition) is 5. The third kappa shape index (κ3) is 4.10. The van der Waals surface area contributed by atoms with E-state index < -0.39 is 0 Å². The molecule has 1 aromatic rings. The van der Waals surface area contributed by atoms with Gasteiger partial charge in [0.1, 0.15) is 11.5 Å². The van der Waals surface area contributed by atoms with E-state index in [1.54, 1.807) is 28.4 Å². The van der Waals surface area contributed by atoms with Crippen molar-refractivity contribution in [2.75, 3.05) is 35.0 Å². The fourth-order valence-electron chi connectivity index (χ4n) is 2.10. The lowest BCUT2D eigenvalue weighted by Gasteiger charge is -2.27. The summed E-state index contributed by atoms with van der Waals surface area (Å²) >= 11 is 0. The normalized spacial score (nSPS) is 12.5. The van der Waals surface area contributed by atoms with Crippen molar-refractivity contribution < 1.29 is 18.9 Å². The molecular formula is C15H25NO4. The van der Waals surface area contributed by atoms with Gasteiger partial charge in [-0.2, -0.15) is 0 Å². The van der Waals surface area contributed by atoms with Crippen molar-refractivity contribution in [1.29, 1.82) is 0 Å². The highest BCUT2D eigenvalue weighted by Gasteiger charge is 2.25. The molecule has 0 aliphatic heterocycles. The number of rotatable bonds is 9. The maximum Gasteiger partial charge on any atom is 0.176 e. The maximum atomic E-state index is 5.46. The summed E-state index contributed by atoms with van der Waals surface area (Å²) < 4.78 is 21.5. The maximum absolute atomic E-state index is 5.46. The molecular weight excluding hydrogens is 258 g/mol. The molecule has 0 fully saturated rings. The molecule has 1 unspecified atom stereocenters. The van der Waals surface area contributed by atoms with Crippen molar-refractivity contribution in [2.24, 2.45) is 0 Å². The zero-order valence-corrected chi connectivity index (χ0v) is 12.9. The van der Waals surface area contributed by atoms with Crippen LogP contribution in [0.3, 0.4) is 0 Å². The van der Waals surface area contributed by atoms with Gasteiger partial charge in [0.2, 0.25) is 0 Å². The minimum atomic E-state index is -0.385. The van der Waals surface area contributed by atoms with E-state index in [1.165, 1.54) is 0 Å². The summed E-state index contributed by atoms with van der Waals surface area (Å²) in [6.07, 6.45) is 0.638. The number of methoxy groups -OCH3 is 4. The van der Waals surface area contributed by atoms with Crippen molar-refractivity contribution in [3.05, 3.63) is 23.8 Å². The smallest absolute Gasteiger partial charge is 0.176 e. The number of nitrogens with one attached hydrogen (secondary N) is 1. The van der Waals surface area contributed by atoms with Crippen LogP contribution in [0.2, 0.25) is 0 Å². The lowest BCUT2D eigenvalue weighted by atomic mass is 10.0. The summed E-state index contributed by atoms with van der Waals surface area (Å²) in [5, 5.41) is 3.43. The second-order valence-corrected chi connectivity index (χ2v) is 4.38. The molecule has 0 saturated heterocycles. The van der Waals surface area contributed by atoms with Gasteiger partial charge in [0.05, 0.1) is 20.3 Å². The molecule has 0 heterocycles. The minimum absolute atomic E-state index is 0.106. The SMILES string of the molecule is CCCNC(c1ccc(OC)cc1OC)C(OC)OC. The van der Waals surface area contributed by atoms with Gasteiger partial charge in [0.25, 0.3) is 0 Å². The molecule has 20 heavy (non-hydrogen) atoms. The first kappa shape index (κ1) is 16.8. The third-order valence-electron chi connectivity index (χ3n) is 3.13. The van der Waals surface area contributed by atoms with Gasteiger partial charge in [-0.1, -0.05) is 6.92 Å². The average Bonchev–Trinajstić information content (AvgIpc) is 2.51. The molecule has 1 aromatic carbocycles. The van der Waals surface area contributed by atoms with Crippen LogP contribution in [0.25, 0.3) is 0 Å². The lowest BCUT2D eigenvalue weighted by molar-refractivity contribution is -0.124. The molecule has 5 heteroatoms. The van der Waals surface area contributed by atoms with Crippen LogP contribution < -0.4 is 14.8 Å². The number of hydrogen-bond donors (Lipinski definition) is 1. The molecule has 1 N–H and O–H groups in total. The first-order valence-corrected chi connectivity index (χ1v) is 6.72. The van der Waals surface area contributed by atoms with Crippen LogP contribution in [0.4, 0.5) is 0 Å². The zero-order chi connectivity index (χ0) is 15.0. The van der Waals surface area contributed by atoms with Crippen LogP contribution in [0.15, 0.2) is 18.2 Å². The second kappa shape index (κ2) is 8.79. The van der Waals surface area contributed by atoms with Crippen LogP contribution in [-0.2, 0) is 9.47 Å². The van der Waals surface area contributed by atoms with Crippen LogP contribution in [0, 0.1) is 0 Å². The monoisotopic (exact) mass is 283 g/mol. The van der Waals surface area contributed by atoms with E-state index in [-0.39, 0.29) is 12.3 Å². The molecule has 0 aliphatic rings. The molecule has 0 saturated carbocycles. The Labute approximate surface area is 121 Å². The Morgan fingerprint density at radius 2 is 1.75 bits per heavy atom. The van der Waals surface area contributed by atoms with E-state index in [1.807, 2.05) is 18.2 Å². The van der Waals surface area contributed by atoms with Gasteiger partial charge in [-0.05, 0) is 25.1 Å². The van der Waals surface area contributed by atoms with Crippen molar-refractivity contribution in [1.82, 2.24) is 5.32 Å². The Morgan fingerprint density at radius 3 is 2.25 bits per heavy atom. The summed E-state index contributed by atoms with van der Waals surface area (Å²) in [5.74, 6) is 1.50. The fraction of sp³-hybridized carbons (Fsp3) is 0.600. The minimum Gasteiger partial charge on any atom is -0.497 e. The second-order valence-electron chi connectivity index (χ2n) is 4.38. The Hall–Kier alpha value is -1.30. The van der Waals surface area contributed by atoms with E-state index in [9.17, 15) is 0 Å². The van der Waals surface area contributed by atoms with E-state index >= 15 is 0 Å². The van der Waals surface area contributed by atoms with Crippen LogP contribution in [0.5, 0.6) is 11.5 Å². The number of benzene rings is 1. The Balaban J connectivity index is 3.11. The molecule has 0 amide bonds. The zero-order valence-electron chi connectivity index (χ0n) is 12.9. The van der Waals surface area contributed by atoms with Crippen molar-refractivity contribution in [2.45, 2.75) is 25.7 Å². The van der Waals surface area contributed by atoms with E-state index in [4.69, 9.17) is 18.9 Å². The van der Waals surface area contributed by atoms with Gasteiger partial charge in [-0.3, -0.25) is 0 Å². The number of ether oxygens (including phenoxy) is 4. The third-order valence-corrected chi connectivity index (χ3v) is 3.13. The predicted molar refractivity (Wildman–Crippen MR) is 78.4 cm³/mol. The van der Waals surface area contributed by atoms with Crippen LogP contribution >= 0.6 is 0 Å². The highest BCUT2D eigenvalue weighted by molar-refractivity contribution is 5.42. The molecule has 0 spiro atoms. The molecule has 0 radical (unpaired) electrons. The molecule has 0 bridgehead atoms. The summed E-state index contributed by atoms with van der Waals surface area (Å²) in [6.45, 7) is 2.98. The van der Waals surface area contributed by atoms with Crippen molar-refractivity contribution in [3.8, 4) is 11.5 Å². The predicted octanol–water partition coefficient (Wildman–Crippen LogP) is 2.36. The largest absolute Gasteiger partial charge is 0.497 e. The first-order valence-electron chi connectivity index (χ1n) is 6.72. The fourth-order valence-corrected chi connectivity index (χ4v) is 2.10. The summed E-state index contributed by atoms with van der Waals surface area (Å²) in [5.41, 5.74) is 0.982. The Bertz CT molecular complexity index is 393. The van der Waals surface area contributed by atoms with Gasteiger partial charge in [0, 0.05) is 25.8 Å². The van der Waals surface area contributed by atoms with Gasteiger partial charge in [0.15, 0.2) is 6.29 Å². The lowest BCUT2D eigenvalue weighted by Crippen LogP contribution is -2.35. The molecule has 0 aromatic heterocycles. The van der Waals surface area contributed by atoms with E-state index in [0.717, 1.165) is 30.0 Å².